The van der Waals surface area contributed by atoms with Gasteiger partial charge in [-0.25, -0.2) is 0 Å². The van der Waals surface area contributed by atoms with Gasteiger partial charge < -0.3 is 4.90 Å². The van der Waals surface area contributed by atoms with E-state index in [9.17, 15) is 9.59 Å². The first-order valence-electron chi connectivity index (χ1n) is 6.84. The summed E-state index contributed by atoms with van der Waals surface area (Å²) in [5.74, 6) is -0.0510. The first-order chi connectivity index (χ1) is 10.2. The molecule has 0 aromatic heterocycles. The van der Waals surface area contributed by atoms with Crippen molar-refractivity contribution in [2.24, 2.45) is 0 Å². The second-order valence-corrected chi connectivity index (χ2v) is 5.80. The minimum Gasteiger partial charge on any atom is -0.311 e. The molecule has 1 aliphatic rings. The molecule has 0 radical (unpaired) electrons. The van der Waals surface area contributed by atoms with Crippen molar-refractivity contribution in [1.29, 1.82) is 0 Å². The second-order valence-electron chi connectivity index (χ2n) is 5.07. The van der Waals surface area contributed by atoms with Crippen LogP contribution in [-0.4, -0.2) is 23.5 Å². The van der Waals surface area contributed by atoms with Crippen molar-refractivity contribution in [2.75, 3.05) is 11.4 Å². The van der Waals surface area contributed by atoms with E-state index in [1.54, 1.807) is 23.1 Å². The number of hydrogen-bond acceptors (Lipinski definition) is 3. The normalized spacial score (nSPS) is 18.0. The van der Waals surface area contributed by atoms with Crippen LogP contribution in [0.3, 0.4) is 0 Å². The van der Waals surface area contributed by atoms with Gasteiger partial charge in [0.2, 0.25) is 5.91 Å². The van der Waals surface area contributed by atoms with Crippen LogP contribution in [0.4, 0.5) is 5.69 Å². The summed E-state index contributed by atoms with van der Waals surface area (Å²) in [6.45, 7) is 0.543. The summed E-state index contributed by atoms with van der Waals surface area (Å²) in [4.78, 5) is 26.4. The lowest BCUT2D eigenvalue weighted by molar-refractivity contribution is -0.117. The van der Waals surface area contributed by atoms with Crippen molar-refractivity contribution < 1.29 is 9.59 Å². The zero-order chi connectivity index (χ0) is 14.8. The van der Waals surface area contributed by atoms with Gasteiger partial charge in [-0.2, -0.15) is 12.6 Å². The minimum atomic E-state index is -0.0679. The molecule has 1 saturated heterocycles. The zero-order valence-corrected chi connectivity index (χ0v) is 12.3. The third-order valence-corrected chi connectivity index (χ3v) is 3.93. The van der Waals surface area contributed by atoms with Crippen molar-refractivity contribution in [3.05, 3.63) is 65.7 Å². The first kappa shape index (κ1) is 13.9. The van der Waals surface area contributed by atoms with Gasteiger partial charge in [0, 0.05) is 29.3 Å². The Kier molecular flexibility index (Phi) is 3.80. The molecule has 0 spiro atoms. The molecule has 1 unspecified atom stereocenters. The maximum Gasteiger partial charge on any atom is 0.228 e. The zero-order valence-electron chi connectivity index (χ0n) is 11.4. The van der Waals surface area contributed by atoms with Crippen LogP contribution in [-0.2, 0) is 4.79 Å². The number of ketones is 1. The highest BCUT2D eigenvalue weighted by Crippen LogP contribution is 2.28. The summed E-state index contributed by atoms with van der Waals surface area (Å²) in [7, 11) is 0. The molecule has 0 aliphatic carbocycles. The monoisotopic (exact) mass is 297 g/mol. The average Bonchev–Trinajstić information content (AvgIpc) is 2.86. The Balaban J connectivity index is 2.01. The van der Waals surface area contributed by atoms with E-state index in [2.05, 4.69) is 12.6 Å². The Morgan fingerprint density at radius 3 is 2.38 bits per heavy atom. The van der Waals surface area contributed by atoms with E-state index in [0.717, 1.165) is 0 Å². The highest BCUT2D eigenvalue weighted by molar-refractivity contribution is 7.81. The van der Waals surface area contributed by atoms with Crippen LogP contribution in [0.1, 0.15) is 22.3 Å². The molecule has 1 fully saturated rings. The molecule has 0 bridgehead atoms. The van der Waals surface area contributed by atoms with E-state index in [1.807, 2.05) is 36.4 Å². The predicted octanol–water partition coefficient (Wildman–Crippen LogP) is 2.95. The van der Waals surface area contributed by atoms with Gasteiger partial charge in [-0.3, -0.25) is 9.59 Å². The standard InChI is InChI=1S/C17H15NO2S/c19-16-10-13(21)11-18(16)15-9-5-4-8-14(15)17(20)12-6-2-1-3-7-12/h1-9,13,21H,10-11H2. The maximum atomic E-state index is 12.7. The molecule has 3 rings (SSSR count). The van der Waals surface area contributed by atoms with Crippen LogP contribution in [0.25, 0.3) is 0 Å². The fraction of sp³-hybridized carbons (Fsp3) is 0.176. The van der Waals surface area contributed by atoms with E-state index in [0.29, 0.717) is 29.8 Å². The molecule has 0 N–H and O–H groups in total. The smallest absolute Gasteiger partial charge is 0.228 e. The molecule has 3 nitrogen and oxygen atoms in total. The quantitative estimate of drug-likeness (QED) is 0.698. The molecule has 0 saturated carbocycles. The van der Waals surface area contributed by atoms with Gasteiger partial charge in [-0.1, -0.05) is 42.5 Å². The van der Waals surface area contributed by atoms with Crippen LogP contribution in [0, 0.1) is 0 Å². The lowest BCUT2D eigenvalue weighted by Gasteiger charge is -2.19. The van der Waals surface area contributed by atoms with E-state index >= 15 is 0 Å². The molecule has 1 aliphatic heterocycles. The number of nitrogens with zero attached hydrogens (tertiary/aromatic N) is 1. The second kappa shape index (κ2) is 5.74. The molecule has 106 valence electrons. The van der Waals surface area contributed by atoms with E-state index in [1.165, 1.54) is 0 Å². The molecular formula is C17H15NO2S. The number of carbonyl (C=O) groups excluding carboxylic acids is 2. The molecule has 1 heterocycles. The summed E-state index contributed by atoms with van der Waals surface area (Å²) < 4.78 is 0. The number of anilines is 1. The first-order valence-corrected chi connectivity index (χ1v) is 7.35. The Morgan fingerprint density at radius 1 is 1.05 bits per heavy atom. The van der Waals surface area contributed by atoms with Gasteiger partial charge in [0.1, 0.15) is 0 Å². The van der Waals surface area contributed by atoms with Crippen LogP contribution < -0.4 is 4.90 Å². The fourth-order valence-corrected chi connectivity index (χ4v) is 2.89. The van der Waals surface area contributed by atoms with Crippen molar-refractivity contribution >= 4 is 30.0 Å². The Morgan fingerprint density at radius 2 is 1.71 bits per heavy atom. The Hall–Kier alpha value is -2.07. The lowest BCUT2D eigenvalue weighted by Crippen LogP contribution is -2.26. The summed E-state index contributed by atoms with van der Waals surface area (Å²) in [6.07, 6.45) is 0.414. The Labute approximate surface area is 129 Å². The van der Waals surface area contributed by atoms with Gasteiger partial charge in [0.15, 0.2) is 5.78 Å². The van der Waals surface area contributed by atoms with Crippen LogP contribution in [0.2, 0.25) is 0 Å². The molecule has 21 heavy (non-hydrogen) atoms. The molecular weight excluding hydrogens is 282 g/mol. The van der Waals surface area contributed by atoms with Gasteiger partial charge in [-0.15, -0.1) is 0 Å². The lowest BCUT2D eigenvalue weighted by atomic mass is 10.0. The number of thiol groups is 1. The summed E-state index contributed by atoms with van der Waals surface area (Å²) in [5.41, 5.74) is 1.85. The van der Waals surface area contributed by atoms with Crippen LogP contribution in [0.15, 0.2) is 54.6 Å². The summed E-state index contributed by atoms with van der Waals surface area (Å²) in [6, 6.07) is 16.4. The topological polar surface area (TPSA) is 37.4 Å². The van der Waals surface area contributed by atoms with Crippen molar-refractivity contribution in [2.45, 2.75) is 11.7 Å². The third kappa shape index (κ3) is 2.72. The summed E-state index contributed by atoms with van der Waals surface area (Å²) in [5, 5.41) is 0.0254. The van der Waals surface area contributed by atoms with Gasteiger partial charge in [0.25, 0.3) is 0 Å². The Bertz CT molecular complexity index is 684. The van der Waals surface area contributed by atoms with Crippen LogP contribution in [0.5, 0.6) is 0 Å². The maximum absolute atomic E-state index is 12.7. The van der Waals surface area contributed by atoms with E-state index < -0.39 is 0 Å². The number of para-hydroxylation sites is 1. The number of rotatable bonds is 3. The van der Waals surface area contributed by atoms with Crippen LogP contribution >= 0.6 is 12.6 Å². The number of benzene rings is 2. The molecule has 1 atom stereocenters. The molecule has 4 heteroatoms. The van der Waals surface area contributed by atoms with Gasteiger partial charge >= 0.3 is 0 Å². The average molecular weight is 297 g/mol. The third-order valence-electron chi connectivity index (χ3n) is 3.58. The number of carbonyl (C=O) groups is 2. The van der Waals surface area contributed by atoms with Crippen molar-refractivity contribution in [1.82, 2.24) is 0 Å². The highest BCUT2D eigenvalue weighted by Gasteiger charge is 2.30. The highest BCUT2D eigenvalue weighted by atomic mass is 32.1. The molecule has 1 amide bonds. The summed E-state index contributed by atoms with van der Waals surface area (Å²) >= 11 is 4.37. The van der Waals surface area contributed by atoms with E-state index in [4.69, 9.17) is 0 Å². The SMILES string of the molecule is O=C(c1ccccc1)c1ccccc1N1CC(S)CC1=O. The fourth-order valence-electron chi connectivity index (χ4n) is 2.57. The number of amides is 1. The predicted molar refractivity (Wildman–Crippen MR) is 86.1 cm³/mol. The molecule has 2 aromatic carbocycles. The van der Waals surface area contributed by atoms with Gasteiger partial charge in [0.05, 0.1) is 5.69 Å². The molecule has 2 aromatic rings. The van der Waals surface area contributed by atoms with Gasteiger partial charge in [-0.05, 0) is 12.1 Å². The van der Waals surface area contributed by atoms with Crippen molar-refractivity contribution in [3.8, 4) is 0 Å². The minimum absolute atomic E-state index is 0.0170. The largest absolute Gasteiger partial charge is 0.311 e. The van der Waals surface area contributed by atoms with Crippen molar-refractivity contribution in [3.63, 3.8) is 0 Å². The van der Waals surface area contributed by atoms with E-state index in [-0.39, 0.29) is 16.9 Å². The number of hydrogen-bond donors (Lipinski definition) is 1.